The Kier molecular flexibility index (Phi) is 5.09. The molecule has 3 heteroatoms. The molecule has 1 aromatic carbocycles. The lowest BCUT2D eigenvalue weighted by atomic mass is 9.92. The summed E-state index contributed by atoms with van der Waals surface area (Å²) in [6.45, 7) is 4.63. The van der Waals surface area contributed by atoms with Crippen molar-refractivity contribution in [3.8, 4) is 5.75 Å². The van der Waals surface area contributed by atoms with Gasteiger partial charge in [0, 0.05) is 18.1 Å². The van der Waals surface area contributed by atoms with E-state index in [2.05, 4.69) is 41.4 Å². The van der Waals surface area contributed by atoms with Crippen molar-refractivity contribution < 1.29 is 4.74 Å². The first-order valence-electron chi connectivity index (χ1n) is 10.1. The molecule has 1 N–H and O–H groups in total. The number of hydrogen-bond donors (Lipinski definition) is 1. The summed E-state index contributed by atoms with van der Waals surface area (Å²) >= 11 is 0. The van der Waals surface area contributed by atoms with Crippen LogP contribution in [0.25, 0.3) is 0 Å². The van der Waals surface area contributed by atoms with Gasteiger partial charge >= 0.3 is 0 Å². The van der Waals surface area contributed by atoms with Gasteiger partial charge in [-0.3, -0.25) is 4.90 Å². The zero-order valence-electron chi connectivity index (χ0n) is 15.0. The number of nitrogens with zero attached hydrogens (tertiary/aromatic N) is 1. The van der Waals surface area contributed by atoms with Crippen LogP contribution in [0.4, 0.5) is 0 Å². The fourth-order valence-electron chi connectivity index (χ4n) is 4.99. The monoisotopic (exact) mass is 328 g/mol. The van der Waals surface area contributed by atoms with Crippen LogP contribution in [0, 0.1) is 0 Å². The Bertz CT molecular complexity index is 523. The molecule has 4 unspecified atom stereocenters. The van der Waals surface area contributed by atoms with E-state index in [9.17, 15) is 0 Å². The Hall–Kier alpha value is -1.06. The molecule has 0 amide bonds. The van der Waals surface area contributed by atoms with Crippen molar-refractivity contribution in [1.29, 1.82) is 0 Å². The minimum Gasteiger partial charge on any atom is -0.489 e. The number of rotatable bonds is 4. The maximum Gasteiger partial charge on any atom is 0.119 e. The molecule has 0 bridgehead atoms. The summed E-state index contributed by atoms with van der Waals surface area (Å²) in [5.74, 6) is 1.02. The Morgan fingerprint density at radius 1 is 1.00 bits per heavy atom. The van der Waals surface area contributed by atoms with E-state index in [4.69, 9.17) is 4.74 Å². The Morgan fingerprint density at radius 3 is 2.62 bits per heavy atom. The van der Waals surface area contributed by atoms with Crippen LogP contribution in [0.1, 0.15) is 69.9 Å². The summed E-state index contributed by atoms with van der Waals surface area (Å²) in [6.07, 6.45) is 11.0. The second-order valence-corrected chi connectivity index (χ2v) is 7.93. The van der Waals surface area contributed by atoms with Gasteiger partial charge < -0.3 is 10.1 Å². The average Bonchev–Trinajstić information content (AvgIpc) is 3.12. The van der Waals surface area contributed by atoms with Crippen LogP contribution in [0.3, 0.4) is 0 Å². The van der Waals surface area contributed by atoms with Gasteiger partial charge in [0.15, 0.2) is 0 Å². The molecule has 3 nitrogen and oxygen atoms in total. The second-order valence-electron chi connectivity index (χ2n) is 7.93. The summed E-state index contributed by atoms with van der Waals surface area (Å²) in [4.78, 5) is 2.76. The predicted octanol–water partition coefficient (Wildman–Crippen LogP) is 4.29. The lowest BCUT2D eigenvalue weighted by Crippen LogP contribution is -2.44. The van der Waals surface area contributed by atoms with E-state index in [0.29, 0.717) is 12.1 Å². The molecule has 132 valence electrons. The van der Waals surface area contributed by atoms with E-state index in [1.807, 2.05) is 0 Å². The lowest BCUT2D eigenvalue weighted by Gasteiger charge is -2.38. The highest BCUT2D eigenvalue weighted by atomic mass is 16.5. The first-order valence-corrected chi connectivity index (χ1v) is 10.1. The van der Waals surface area contributed by atoms with Gasteiger partial charge in [0.1, 0.15) is 11.9 Å². The van der Waals surface area contributed by atoms with E-state index < -0.39 is 0 Å². The quantitative estimate of drug-likeness (QED) is 0.892. The molecule has 3 fully saturated rings. The van der Waals surface area contributed by atoms with E-state index in [-0.39, 0.29) is 6.10 Å². The van der Waals surface area contributed by atoms with Crippen molar-refractivity contribution in [2.45, 2.75) is 82.5 Å². The zero-order chi connectivity index (χ0) is 16.4. The van der Waals surface area contributed by atoms with Gasteiger partial charge in [-0.1, -0.05) is 18.6 Å². The smallest absolute Gasteiger partial charge is 0.119 e. The maximum absolute atomic E-state index is 6.21. The minimum atomic E-state index is 0.244. The van der Waals surface area contributed by atoms with E-state index in [0.717, 1.165) is 18.3 Å². The Morgan fingerprint density at radius 2 is 1.83 bits per heavy atom. The molecule has 3 heterocycles. The summed E-state index contributed by atoms with van der Waals surface area (Å²) in [6, 6.07) is 11.0. The molecule has 3 aliphatic heterocycles. The predicted molar refractivity (Wildman–Crippen MR) is 98.5 cm³/mol. The topological polar surface area (TPSA) is 24.5 Å². The molecule has 3 saturated heterocycles. The lowest BCUT2D eigenvalue weighted by molar-refractivity contribution is 0.123. The summed E-state index contributed by atoms with van der Waals surface area (Å²) in [5, 5.41) is 3.60. The second kappa shape index (κ2) is 7.45. The molecule has 4 rings (SSSR count). The molecular weight excluding hydrogens is 296 g/mol. The van der Waals surface area contributed by atoms with Gasteiger partial charge in [0.2, 0.25) is 0 Å². The summed E-state index contributed by atoms with van der Waals surface area (Å²) in [5.41, 5.74) is 1.48. The molecule has 3 aliphatic rings. The molecule has 1 aromatic rings. The third-order valence-electron chi connectivity index (χ3n) is 6.34. The van der Waals surface area contributed by atoms with Crippen LogP contribution in [-0.2, 0) is 0 Å². The third kappa shape index (κ3) is 3.48. The first-order chi connectivity index (χ1) is 11.8. The molecule has 24 heavy (non-hydrogen) atoms. The zero-order valence-corrected chi connectivity index (χ0v) is 15.0. The van der Waals surface area contributed by atoms with Crippen LogP contribution in [0.2, 0.25) is 0 Å². The van der Waals surface area contributed by atoms with Gasteiger partial charge in [-0.25, -0.2) is 0 Å². The summed E-state index contributed by atoms with van der Waals surface area (Å²) < 4.78 is 6.21. The maximum atomic E-state index is 6.21. The Labute approximate surface area is 146 Å². The van der Waals surface area contributed by atoms with Gasteiger partial charge in [0.25, 0.3) is 0 Å². The number of nitrogens with one attached hydrogen (secondary N) is 1. The van der Waals surface area contributed by atoms with Gasteiger partial charge in [0.05, 0.1) is 0 Å². The summed E-state index contributed by atoms with van der Waals surface area (Å²) in [7, 11) is 0. The molecular formula is C21H32N2O. The number of piperidine rings is 2. The molecule has 0 radical (unpaired) electrons. The van der Waals surface area contributed by atoms with E-state index in [1.54, 1.807) is 0 Å². The molecule has 0 aromatic heterocycles. The normalized spacial score (nSPS) is 32.3. The van der Waals surface area contributed by atoms with Crippen molar-refractivity contribution in [3.05, 3.63) is 29.8 Å². The molecule has 0 spiro atoms. The fourth-order valence-corrected chi connectivity index (χ4v) is 4.99. The van der Waals surface area contributed by atoms with Crippen LogP contribution in [0.15, 0.2) is 24.3 Å². The van der Waals surface area contributed by atoms with Crippen molar-refractivity contribution >= 4 is 0 Å². The van der Waals surface area contributed by atoms with Crippen LogP contribution in [-0.4, -0.2) is 36.2 Å². The molecule has 4 atom stereocenters. The Balaban J connectivity index is 1.39. The fraction of sp³-hybridized carbons (Fsp3) is 0.714. The van der Waals surface area contributed by atoms with Gasteiger partial charge in [-0.15, -0.1) is 0 Å². The van der Waals surface area contributed by atoms with Gasteiger partial charge in [-0.2, -0.15) is 0 Å². The van der Waals surface area contributed by atoms with E-state index in [1.165, 1.54) is 63.5 Å². The minimum absolute atomic E-state index is 0.244. The SMILES string of the molecule is CC(Oc1ccc(C2CCCC3CCCN32)cc1)C1CCCCN1. The standard InChI is InChI=1S/C21H32N2O/c1-16(20-8-2-3-14-22-20)24-19-12-10-17(11-13-19)21-9-4-6-18-7-5-15-23(18)21/h10-13,16,18,20-22H,2-9,14-15H2,1H3. The highest BCUT2D eigenvalue weighted by molar-refractivity contribution is 5.30. The van der Waals surface area contributed by atoms with Gasteiger partial charge in [-0.05, 0) is 82.7 Å². The number of benzene rings is 1. The highest BCUT2D eigenvalue weighted by Gasteiger charge is 2.34. The van der Waals surface area contributed by atoms with E-state index >= 15 is 0 Å². The first kappa shape index (κ1) is 16.4. The molecule has 0 saturated carbocycles. The van der Waals surface area contributed by atoms with Crippen LogP contribution >= 0.6 is 0 Å². The van der Waals surface area contributed by atoms with Crippen molar-refractivity contribution in [2.24, 2.45) is 0 Å². The highest BCUT2D eigenvalue weighted by Crippen LogP contribution is 2.39. The molecule has 0 aliphatic carbocycles. The number of fused-ring (bicyclic) bond motifs is 1. The third-order valence-corrected chi connectivity index (χ3v) is 6.34. The van der Waals surface area contributed by atoms with Crippen LogP contribution < -0.4 is 10.1 Å². The largest absolute Gasteiger partial charge is 0.489 e. The van der Waals surface area contributed by atoms with Crippen molar-refractivity contribution in [2.75, 3.05) is 13.1 Å². The number of hydrogen-bond acceptors (Lipinski definition) is 3. The van der Waals surface area contributed by atoms with Crippen LogP contribution in [0.5, 0.6) is 5.75 Å². The average molecular weight is 329 g/mol. The number of ether oxygens (including phenoxy) is 1. The van der Waals surface area contributed by atoms with Crippen molar-refractivity contribution in [1.82, 2.24) is 10.2 Å². The van der Waals surface area contributed by atoms with Crippen molar-refractivity contribution in [3.63, 3.8) is 0 Å².